The van der Waals surface area contributed by atoms with Gasteiger partial charge in [-0.3, -0.25) is 4.90 Å². The standard InChI is InChI=1S/C13H20BrN3O/c1-11-12(14)3-4-13(16-11)15-5-2-6-17-7-9-18-10-8-17/h3-4H,2,5-10H2,1H3,(H,15,16). The molecule has 4 nitrogen and oxygen atoms in total. The Morgan fingerprint density at radius 2 is 2.17 bits per heavy atom. The highest BCUT2D eigenvalue weighted by molar-refractivity contribution is 9.10. The summed E-state index contributed by atoms with van der Waals surface area (Å²) in [4.78, 5) is 6.92. The van der Waals surface area contributed by atoms with E-state index in [1.54, 1.807) is 0 Å². The monoisotopic (exact) mass is 313 g/mol. The highest BCUT2D eigenvalue weighted by atomic mass is 79.9. The number of hydrogen-bond acceptors (Lipinski definition) is 4. The molecule has 2 rings (SSSR count). The predicted molar refractivity (Wildman–Crippen MR) is 77.0 cm³/mol. The molecule has 0 spiro atoms. The van der Waals surface area contributed by atoms with Gasteiger partial charge < -0.3 is 10.1 Å². The molecule has 0 amide bonds. The van der Waals surface area contributed by atoms with Crippen molar-refractivity contribution >= 4 is 21.7 Å². The van der Waals surface area contributed by atoms with Crippen molar-refractivity contribution in [1.29, 1.82) is 0 Å². The van der Waals surface area contributed by atoms with Crippen molar-refractivity contribution in [3.8, 4) is 0 Å². The largest absolute Gasteiger partial charge is 0.379 e. The number of aryl methyl sites for hydroxylation is 1. The van der Waals surface area contributed by atoms with E-state index in [4.69, 9.17) is 4.74 Å². The smallest absolute Gasteiger partial charge is 0.126 e. The minimum atomic E-state index is 0.876. The number of rotatable bonds is 5. The van der Waals surface area contributed by atoms with Crippen LogP contribution in [-0.4, -0.2) is 49.3 Å². The SMILES string of the molecule is Cc1nc(NCCCN2CCOCC2)ccc1Br. The number of morpholine rings is 1. The molecule has 0 aromatic carbocycles. The van der Waals surface area contributed by atoms with Gasteiger partial charge >= 0.3 is 0 Å². The average Bonchev–Trinajstić information content (AvgIpc) is 2.40. The summed E-state index contributed by atoms with van der Waals surface area (Å²) in [5.41, 5.74) is 1.02. The van der Waals surface area contributed by atoms with Crippen LogP contribution in [0.5, 0.6) is 0 Å². The lowest BCUT2D eigenvalue weighted by Crippen LogP contribution is -2.37. The Kier molecular flexibility index (Phi) is 5.41. The molecule has 5 heteroatoms. The zero-order chi connectivity index (χ0) is 12.8. The molecule has 1 fully saturated rings. The first-order chi connectivity index (χ1) is 8.75. The first kappa shape index (κ1) is 13.8. The molecule has 2 heterocycles. The van der Waals surface area contributed by atoms with Crippen LogP contribution in [0, 0.1) is 6.92 Å². The van der Waals surface area contributed by atoms with E-state index in [9.17, 15) is 0 Å². The number of pyridine rings is 1. The molecule has 0 aliphatic carbocycles. The normalized spacial score (nSPS) is 16.8. The molecule has 0 bridgehead atoms. The van der Waals surface area contributed by atoms with Gasteiger partial charge in [-0.25, -0.2) is 4.98 Å². The molecule has 18 heavy (non-hydrogen) atoms. The summed E-state index contributed by atoms with van der Waals surface area (Å²) >= 11 is 3.45. The minimum absolute atomic E-state index is 0.876. The third kappa shape index (κ3) is 4.23. The van der Waals surface area contributed by atoms with Crippen LogP contribution in [0.15, 0.2) is 16.6 Å². The van der Waals surface area contributed by atoms with Gasteiger partial charge in [0.2, 0.25) is 0 Å². The second-order valence-corrected chi connectivity index (χ2v) is 5.35. The number of nitrogens with one attached hydrogen (secondary N) is 1. The van der Waals surface area contributed by atoms with Gasteiger partial charge in [0.25, 0.3) is 0 Å². The number of halogens is 1. The predicted octanol–water partition coefficient (Wildman–Crippen LogP) is 2.29. The van der Waals surface area contributed by atoms with Gasteiger partial charge in [-0.2, -0.15) is 0 Å². The summed E-state index contributed by atoms with van der Waals surface area (Å²) in [5, 5.41) is 3.36. The zero-order valence-corrected chi connectivity index (χ0v) is 12.4. The highest BCUT2D eigenvalue weighted by Crippen LogP contribution is 2.16. The number of ether oxygens (including phenoxy) is 1. The highest BCUT2D eigenvalue weighted by Gasteiger charge is 2.09. The van der Waals surface area contributed by atoms with Crippen LogP contribution in [0.4, 0.5) is 5.82 Å². The maximum Gasteiger partial charge on any atom is 0.126 e. The number of hydrogen-bond donors (Lipinski definition) is 1. The number of aromatic nitrogens is 1. The summed E-state index contributed by atoms with van der Waals surface area (Å²) < 4.78 is 6.38. The molecule has 1 saturated heterocycles. The fraction of sp³-hybridized carbons (Fsp3) is 0.615. The van der Waals surface area contributed by atoms with Crippen molar-refractivity contribution in [1.82, 2.24) is 9.88 Å². The van der Waals surface area contributed by atoms with E-state index in [1.807, 2.05) is 19.1 Å². The zero-order valence-electron chi connectivity index (χ0n) is 10.8. The summed E-state index contributed by atoms with van der Waals surface area (Å²) in [7, 11) is 0. The van der Waals surface area contributed by atoms with E-state index in [2.05, 4.69) is 31.1 Å². The van der Waals surface area contributed by atoms with E-state index in [-0.39, 0.29) is 0 Å². The first-order valence-corrected chi connectivity index (χ1v) is 7.22. The topological polar surface area (TPSA) is 37.4 Å². The van der Waals surface area contributed by atoms with Crippen molar-refractivity contribution in [2.75, 3.05) is 44.7 Å². The van der Waals surface area contributed by atoms with Crippen LogP contribution in [0.3, 0.4) is 0 Å². The van der Waals surface area contributed by atoms with Crippen molar-refractivity contribution in [3.63, 3.8) is 0 Å². The Hall–Kier alpha value is -0.650. The van der Waals surface area contributed by atoms with Crippen LogP contribution >= 0.6 is 15.9 Å². The van der Waals surface area contributed by atoms with Crippen LogP contribution < -0.4 is 5.32 Å². The Labute approximate surface area is 117 Å². The lowest BCUT2D eigenvalue weighted by molar-refractivity contribution is 0.0378. The molecule has 1 aromatic heterocycles. The Morgan fingerprint density at radius 3 is 2.89 bits per heavy atom. The van der Waals surface area contributed by atoms with E-state index >= 15 is 0 Å². The average molecular weight is 314 g/mol. The van der Waals surface area contributed by atoms with Crippen LogP contribution in [0.2, 0.25) is 0 Å². The fourth-order valence-corrected chi connectivity index (χ4v) is 2.21. The molecular formula is C13H20BrN3O. The molecular weight excluding hydrogens is 294 g/mol. The minimum Gasteiger partial charge on any atom is -0.379 e. The van der Waals surface area contributed by atoms with Crippen molar-refractivity contribution in [3.05, 3.63) is 22.3 Å². The molecule has 0 atom stereocenters. The summed E-state index contributed by atoms with van der Waals surface area (Å²) in [6, 6.07) is 4.04. The van der Waals surface area contributed by atoms with Gasteiger partial charge in [-0.15, -0.1) is 0 Å². The van der Waals surface area contributed by atoms with E-state index in [0.29, 0.717) is 0 Å². The van der Waals surface area contributed by atoms with Crippen LogP contribution in [0.1, 0.15) is 12.1 Å². The van der Waals surface area contributed by atoms with E-state index in [1.165, 1.54) is 0 Å². The molecule has 1 aromatic rings. The van der Waals surface area contributed by atoms with Gasteiger partial charge in [-0.05, 0) is 48.0 Å². The maximum atomic E-state index is 5.33. The molecule has 1 aliphatic heterocycles. The Balaban J connectivity index is 1.66. The summed E-state index contributed by atoms with van der Waals surface area (Å²) in [5.74, 6) is 0.956. The van der Waals surface area contributed by atoms with Gasteiger partial charge in [-0.1, -0.05) is 0 Å². The molecule has 1 aliphatic rings. The maximum absolute atomic E-state index is 5.33. The quantitative estimate of drug-likeness (QED) is 0.846. The number of anilines is 1. The van der Waals surface area contributed by atoms with Crippen molar-refractivity contribution in [2.45, 2.75) is 13.3 Å². The second-order valence-electron chi connectivity index (χ2n) is 4.50. The molecule has 100 valence electrons. The third-order valence-electron chi connectivity index (χ3n) is 3.08. The molecule has 1 N–H and O–H groups in total. The molecule has 0 saturated carbocycles. The van der Waals surface area contributed by atoms with Crippen LogP contribution in [0.25, 0.3) is 0 Å². The first-order valence-electron chi connectivity index (χ1n) is 6.43. The second kappa shape index (κ2) is 7.07. The van der Waals surface area contributed by atoms with Gasteiger partial charge in [0.15, 0.2) is 0 Å². The molecule has 0 radical (unpaired) electrons. The lowest BCUT2D eigenvalue weighted by Gasteiger charge is -2.26. The Morgan fingerprint density at radius 1 is 1.39 bits per heavy atom. The van der Waals surface area contributed by atoms with Crippen molar-refractivity contribution in [2.24, 2.45) is 0 Å². The molecule has 0 unspecified atom stereocenters. The van der Waals surface area contributed by atoms with E-state index < -0.39 is 0 Å². The third-order valence-corrected chi connectivity index (χ3v) is 3.92. The van der Waals surface area contributed by atoms with Gasteiger partial charge in [0.1, 0.15) is 5.82 Å². The number of nitrogens with zero attached hydrogens (tertiary/aromatic N) is 2. The Bertz CT molecular complexity index is 380. The lowest BCUT2D eigenvalue weighted by atomic mass is 10.3. The van der Waals surface area contributed by atoms with Crippen LogP contribution in [-0.2, 0) is 4.74 Å². The van der Waals surface area contributed by atoms with Crippen molar-refractivity contribution < 1.29 is 4.74 Å². The van der Waals surface area contributed by atoms with Gasteiger partial charge in [0, 0.05) is 24.1 Å². The van der Waals surface area contributed by atoms with E-state index in [0.717, 1.165) is 61.8 Å². The summed E-state index contributed by atoms with van der Waals surface area (Å²) in [6.07, 6.45) is 1.14. The van der Waals surface area contributed by atoms with Gasteiger partial charge in [0.05, 0.1) is 18.9 Å². The fourth-order valence-electron chi connectivity index (χ4n) is 1.99. The summed E-state index contributed by atoms with van der Waals surface area (Å²) in [6.45, 7) is 7.98.